The van der Waals surface area contributed by atoms with Gasteiger partial charge < -0.3 is 9.64 Å². The number of aromatic nitrogens is 2. The Morgan fingerprint density at radius 1 is 1.23 bits per heavy atom. The molecule has 0 spiro atoms. The van der Waals surface area contributed by atoms with Crippen LogP contribution in [0.3, 0.4) is 0 Å². The number of carbonyl (C=O) groups is 1. The highest BCUT2D eigenvalue weighted by Crippen LogP contribution is 2.22. The number of nitrogens with zero attached hydrogens (tertiary/aromatic N) is 4. The molecule has 1 heterocycles. The normalized spacial score (nSPS) is 10.5. The molecule has 0 atom stereocenters. The minimum absolute atomic E-state index is 0.160. The lowest BCUT2D eigenvalue weighted by atomic mass is 10.2. The number of halogens is 1. The van der Waals surface area contributed by atoms with Gasteiger partial charge in [-0.3, -0.25) is 19.7 Å². The van der Waals surface area contributed by atoms with Crippen LogP contribution in [0.4, 0.5) is 5.69 Å². The number of nitro groups is 1. The van der Waals surface area contributed by atoms with Gasteiger partial charge in [0.25, 0.3) is 11.6 Å². The predicted octanol–water partition coefficient (Wildman–Crippen LogP) is 3.25. The van der Waals surface area contributed by atoms with Gasteiger partial charge in [0.15, 0.2) is 5.69 Å². The summed E-state index contributed by atoms with van der Waals surface area (Å²) in [4.78, 5) is 37.3. The Morgan fingerprint density at radius 3 is 2.58 bits per heavy atom. The standard InChI is InChI=1S/C21H19ClN4O5/c1-14-13-19(27)20(23-25(14)17-5-3-4-6-18(17)26(29)30)21(28)24(2)11-12-31-16-9-7-15(22)8-10-16/h3-10,13H,11-12H2,1-2H3. The lowest BCUT2D eigenvalue weighted by Gasteiger charge is -2.18. The molecule has 9 nitrogen and oxygen atoms in total. The molecule has 31 heavy (non-hydrogen) atoms. The maximum Gasteiger partial charge on any atom is 0.294 e. The average molecular weight is 443 g/mol. The van der Waals surface area contributed by atoms with Gasteiger partial charge in [0.1, 0.15) is 18.0 Å². The summed E-state index contributed by atoms with van der Waals surface area (Å²) in [5, 5.41) is 16.1. The molecule has 0 saturated heterocycles. The summed E-state index contributed by atoms with van der Waals surface area (Å²) < 4.78 is 6.80. The second kappa shape index (κ2) is 9.40. The van der Waals surface area contributed by atoms with Gasteiger partial charge in [-0.1, -0.05) is 23.7 Å². The van der Waals surface area contributed by atoms with Crippen LogP contribution in [0.1, 0.15) is 16.2 Å². The van der Waals surface area contributed by atoms with Gasteiger partial charge in [-0.2, -0.15) is 5.10 Å². The lowest BCUT2D eigenvalue weighted by Crippen LogP contribution is -2.36. The molecule has 160 valence electrons. The molecule has 0 N–H and O–H groups in total. The number of ether oxygens (including phenoxy) is 1. The summed E-state index contributed by atoms with van der Waals surface area (Å²) in [7, 11) is 1.52. The van der Waals surface area contributed by atoms with Crippen molar-refractivity contribution in [2.75, 3.05) is 20.2 Å². The van der Waals surface area contributed by atoms with Crippen LogP contribution >= 0.6 is 11.6 Å². The Bertz CT molecular complexity index is 1180. The van der Waals surface area contributed by atoms with Crippen molar-refractivity contribution < 1.29 is 14.5 Å². The highest BCUT2D eigenvalue weighted by atomic mass is 35.5. The van der Waals surface area contributed by atoms with Crippen LogP contribution in [-0.2, 0) is 0 Å². The third-order valence-electron chi connectivity index (χ3n) is 4.47. The highest BCUT2D eigenvalue weighted by Gasteiger charge is 2.22. The number of likely N-dealkylation sites (N-methyl/N-ethyl adjacent to an activating group) is 1. The second-order valence-electron chi connectivity index (χ2n) is 6.69. The molecule has 0 bridgehead atoms. The number of carbonyl (C=O) groups excluding carboxylic acids is 1. The molecule has 0 radical (unpaired) electrons. The molecule has 0 unspecified atom stereocenters. The molecule has 1 amide bonds. The van der Waals surface area contributed by atoms with Crippen LogP contribution in [0.25, 0.3) is 5.69 Å². The molecule has 0 fully saturated rings. The van der Waals surface area contributed by atoms with Crippen molar-refractivity contribution in [3.05, 3.63) is 91.3 Å². The number of nitro benzene ring substituents is 1. The Morgan fingerprint density at radius 2 is 1.90 bits per heavy atom. The van der Waals surface area contributed by atoms with Crippen molar-refractivity contribution in [1.82, 2.24) is 14.7 Å². The summed E-state index contributed by atoms with van der Waals surface area (Å²) in [6.07, 6.45) is 0. The Labute approximate surface area is 182 Å². The number of hydrogen-bond acceptors (Lipinski definition) is 6. The van der Waals surface area contributed by atoms with Crippen molar-refractivity contribution >= 4 is 23.2 Å². The van der Waals surface area contributed by atoms with Crippen molar-refractivity contribution in [3.63, 3.8) is 0 Å². The van der Waals surface area contributed by atoms with Gasteiger partial charge >= 0.3 is 0 Å². The first-order valence-corrected chi connectivity index (χ1v) is 9.64. The van der Waals surface area contributed by atoms with Crippen LogP contribution in [0, 0.1) is 17.0 Å². The summed E-state index contributed by atoms with van der Waals surface area (Å²) >= 11 is 5.83. The fourth-order valence-corrected chi connectivity index (χ4v) is 2.98. The van der Waals surface area contributed by atoms with E-state index in [-0.39, 0.29) is 30.2 Å². The molecule has 3 rings (SSSR count). The largest absolute Gasteiger partial charge is 0.492 e. The van der Waals surface area contributed by atoms with Crippen LogP contribution in [0.15, 0.2) is 59.4 Å². The molecule has 0 aliphatic rings. The minimum Gasteiger partial charge on any atom is -0.492 e. The van der Waals surface area contributed by atoms with E-state index in [2.05, 4.69) is 5.10 Å². The van der Waals surface area contributed by atoms with Gasteiger partial charge in [0.2, 0.25) is 5.43 Å². The van der Waals surface area contributed by atoms with E-state index < -0.39 is 16.3 Å². The Hall–Kier alpha value is -3.72. The van der Waals surface area contributed by atoms with Gasteiger partial charge in [0, 0.05) is 29.9 Å². The van der Waals surface area contributed by atoms with Crippen LogP contribution in [-0.4, -0.2) is 45.7 Å². The monoisotopic (exact) mass is 442 g/mol. The van der Waals surface area contributed by atoms with E-state index in [1.54, 1.807) is 37.3 Å². The number of aryl methyl sites for hydroxylation is 1. The lowest BCUT2D eigenvalue weighted by molar-refractivity contribution is -0.384. The summed E-state index contributed by atoms with van der Waals surface area (Å²) in [5.41, 5.74) is -0.567. The zero-order valence-electron chi connectivity index (χ0n) is 16.8. The fraction of sp³-hybridized carbons (Fsp3) is 0.190. The first-order chi connectivity index (χ1) is 14.8. The molecule has 0 saturated carbocycles. The zero-order valence-corrected chi connectivity index (χ0v) is 17.6. The maximum absolute atomic E-state index is 12.8. The fourth-order valence-electron chi connectivity index (χ4n) is 2.85. The average Bonchev–Trinajstić information content (AvgIpc) is 2.74. The first-order valence-electron chi connectivity index (χ1n) is 9.26. The third-order valence-corrected chi connectivity index (χ3v) is 4.72. The van der Waals surface area contributed by atoms with Gasteiger partial charge in [-0.25, -0.2) is 4.68 Å². The maximum atomic E-state index is 12.8. The van der Waals surface area contributed by atoms with Crippen molar-refractivity contribution in [2.45, 2.75) is 6.92 Å². The van der Waals surface area contributed by atoms with E-state index in [9.17, 15) is 19.7 Å². The quantitative estimate of drug-likeness (QED) is 0.410. The first kappa shape index (κ1) is 22.0. The number of hydrogen-bond donors (Lipinski definition) is 0. The second-order valence-corrected chi connectivity index (χ2v) is 7.12. The SMILES string of the molecule is Cc1cc(=O)c(C(=O)N(C)CCOc2ccc(Cl)cc2)nn1-c1ccccc1[N+](=O)[O-]. The van der Waals surface area contributed by atoms with Gasteiger partial charge in [-0.15, -0.1) is 0 Å². The molecule has 10 heteroatoms. The molecular formula is C21H19ClN4O5. The van der Waals surface area contributed by atoms with E-state index in [1.807, 2.05) is 0 Å². The summed E-state index contributed by atoms with van der Waals surface area (Å²) in [6, 6.07) is 14.0. The van der Waals surface area contributed by atoms with E-state index in [1.165, 1.54) is 40.9 Å². The van der Waals surface area contributed by atoms with Crippen molar-refractivity contribution in [2.24, 2.45) is 0 Å². The van der Waals surface area contributed by atoms with E-state index in [4.69, 9.17) is 16.3 Å². The topological polar surface area (TPSA) is 108 Å². The molecule has 1 aromatic heterocycles. The van der Waals surface area contributed by atoms with Gasteiger partial charge in [-0.05, 0) is 37.3 Å². The predicted molar refractivity (Wildman–Crippen MR) is 115 cm³/mol. The van der Waals surface area contributed by atoms with E-state index >= 15 is 0 Å². The van der Waals surface area contributed by atoms with Gasteiger partial charge in [0.05, 0.1) is 11.5 Å². The van der Waals surface area contributed by atoms with Crippen molar-refractivity contribution in [3.8, 4) is 11.4 Å². The summed E-state index contributed by atoms with van der Waals surface area (Å²) in [5.74, 6) is -0.0190. The van der Waals surface area contributed by atoms with Crippen LogP contribution < -0.4 is 10.2 Å². The third kappa shape index (κ3) is 5.07. The Kier molecular flexibility index (Phi) is 6.66. The van der Waals surface area contributed by atoms with Crippen LogP contribution in [0.5, 0.6) is 5.75 Å². The number of rotatable bonds is 7. The Balaban J connectivity index is 1.81. The molecule has 0 aliphatic heterocycles. The van der Waals surface area contributed by atoms with E-state index in [0.717, 1.165) is 0 Å². The van der Waals surface area contributed by atoms with E-state index in [0.29, 0.717) is 16.5 Å². The minimum atomic E-state index is -0.614. The molecular weight excluding hydrogens is 424 g/mol. The number of para-hydroxylation sites is 2. The number of benzene rings is 2. The highest BCUT2D eigenvalue weighted by molar-refractivity contribution is 6.30. The van der Waals surface area contributed by atoms with Crippen LogP contribution in [0.2, 0.25) is 5.02 Å². The number of amides is 1. The molecule has 2 aromatic carbocycles. The zero-order chi connectivity index (χ0) is 22.5. The molecule has 3 aromatic rings. The smallest absolute Gasteiger partial charge is 0.294 e. The molecule has 0 aliphatic carbocycles. The summed E-state index contributed by atoms with van der Waals surface area (Å²) in [6.45, 7) is 1.97. The van der Waals surface area contributed by atoms with Crippen molar-refractivity contribution in [1.29, 1.82) is 0 Å².